The lowest BCUT2D eigenvalue weighted by atomic mass is 9.86. The number of oxime groups is 1. The van der Waals surface area contributed by atoms with E-state index in [2.05, 4.69) is 15.4 Å². The van der Waals surface area contributed by atoms with Crippen LogP contribution in [0.3, 0.4) is 0 Å². The molecule has 1 saturated heterocycles. The summed E-state index contributed by atoms with van der Waals surface area (Å²) in [5.41, 5.74) is 5.15. The van der Waals surface area contributed by atoms with Gasteiger partial charge in [-0.05, 0) is 37.6 Å². The molecule has 0 aromatic carbocycles. The molecule has 20 heavy (non-hydrogen) atoms. The molecular weight excluding hydrogens is 284 g/mol. The van der Waals surface area contributed by atoms with Crippen LogP contribution in [0.5, 0.6) is 0 Å². The van der Waals surface area contributed by atoms with Crippen LogP contribution in [-0.4, -0.2) is 47.5 Å². The molecule has 1 amide bonds. The lowest BCUT2D eigenvalue weighted by Gasteiger charge is -2.40. The number of furan rings is 1. The van der Waals surface area contributed by atoms with Crippen LogP contribution in [0.4, 0.5) is 0 Å². The topological polar surface area (TPSA) is 104 Å². The number of carbonyl (C=O) groups is 1. The first-order valence-electron chi connectivity index (χ1n) is 6.20. The summed E-state index contributed by atoms with van der Waals surface area (Å²) >= 11 is 5.79. The van der Waals surface area contributed by atoms with E-state index < -0.39 is 11.4 Å². The number of nitrogens with zero attached hydrogens (tertiary/aromatic N) is 2. The van der Waals surface area contributed by atoms with Gasteiger partial charge in [0.05, 0.1) is 11.8 Å². The molecular formula is C12H17ClN4O3. The van der Waals surface area contributed by atoms with Crippen molar-refractivity contribution in [3.63, 3.8) is 0 Å². The monoisotopic (exact) mass is 300 g/mol. The molecule has 0 spiro atoms. The third-order valence-electron chi connectivity index (χ3n) is 3.65. The normalized spacial score (nSPS) is 19.8. The van der Waals surface area contributed by atoms with Gasteiger partial charge >= 0.3 is 0 Å². The summed E-state index contributed by atoms with van der Waals surface area (Å²) in [6, 6.07) is 1.48. The fraction of sp³-hybridized carbons (Fsp3) is 0.500. The predicted molar refractivity (Wildman–Crippen MR) is 74.1 cm³/mol. The summed E-state index contributed by atoms with van der Waals surface area (Å²) in [5.74, 6) is -0.404. The SMILES string of the molecule is CN1CCC(NC(=O)c2ccoc2Cl)(/C(N)=N/O)CC1. The molecule has 8 heteroatoms. The summed E-state index contributed by atoms with van der Waals surface area (Å²) in [6.45, 7) is 1.46. The molecule has 2 heterocycles. The summed E-state index contributed by atoms with van der Waals surface area (Å²) in [4.78, 5) is 14.4. The van der Waals surface area contributed by atoms with Crippen molar-refractivity contribution in [3.8, 4) is 0 Å². The highest BCUT2D eigenvalue weighted by Crippen LogP contribution is 2.24. The number of hydrogen-bond donors (Lipinski definition) is 3. The van der Waals surface area contributed by atoms with Crippen LogP contribution < -0.4 is 11.1 Å². The number of rotatable bonds is 3. The second-order valence-electron chi connectivity index (χ2n) is 4.93. The minimum absolute atomic E-state index is 0.00133. The van der Waals surface area contributed by atoms with Crippen molar-refractivity contribution in [1.82, 2.24) is 10.2 Å². The van der Waals surface area contributed by atoms with Crippen LogP contribution in [-0.2, 0) is 0 Å². The van der Waals surface area contributed by atoms with Crippen LogP contribution in [0, 0.1) is 0 Å². The van der Waals surface area contributed by atoms with Crippen LogP contribution in [0.2, 0.25) is 5.22 Å². The average molecular weight is 301 g/mol. The van der Waals surface area contributed by atoms with Gasteiger partial charge in [-0.3, -0.25) is 4.79 Å². The molecule has 1 aliphatic heterocycles. The highest BCUT2D eigenvalue weighted by Gasteiger charge is 2.40. The molecule has 4 N–H and O–H groups in total. The van der Waals surface area contributed by atoms with Gasteiger partial charge < -0.3 is 25.6 Å². The van der Waals surface area contributed by atoms with E-state index in [4.69, 9.17) is 27.0 Å². The van der Waals surface area contributed by atoms with Gasteiger partial charge in [0.25, 0.3) is 5.91 Å². The maximum absolute atomic E-state index is 12.2. The molecule has 1 aromatic rings. The van der Waals surface area contributed by atoms with Gasteiger partial charge in [-0.25, -0.2) is 0 Å². The van der Waals surface area contributed by atoms with Gasteiger partial charge in [-0.2, -0.15) is 0 Å². The van der Waals surface area contributed by atoms with Crippen LogP contribution in [0.15, 0.2) is 21.9 Å². The number of nitrogens with two attached hydrogens (primary N) is 1. The minimum Gasteiger partial charge on any atom is -0.452 e. The lowest BCUT2D eigenvalue weighted by molar-refractivity contribution is 0.0886. The van der Waals surface area contributed by atoms with Crippen molar-refractivity contribution in [1.29, 1.82) is 0 Å². The van der Waals surface area contributed by atoms with E-state index in [-0.39, 0.29) is 16.6 Å². The molecule has 0 saturated carbocycles. The molecule has 0 bridgehead atoms. The number of nitrogens with one attached hydrogen (secondary N) is 1. The van der Waals surface area contributed by atoms with E-state index in [1.54, 1.807) is 0 Å². The number of likely N-dealkylation sites (tertiary alicyclic amines) is 1. The Balaban J connectivity index is 2.21. The largest absolute Gasteiger partial charge is 0.452 e. The van der Waals surface area contributed by atoms with E-state index in [0.717, 1.165) is 13.1 Å². The van der Waals surface area contributed by atoms with Crippen LogP contribution >= 0.6 is 11.6 Å². The van der Waals surface area contributed by atoms with E-state index in [9.17, 15) is 4.79 Å². The third-order valence-corrected chi connectivity index (χ3v) is 3.95. The first-order chi connectivity index (χ1) is 9.48. The Bertz CT molecular complexity index is 521. The first kappa shape index (κ1) is 14.7. The fourth-order valence-corrected chi connectivity index (χ4v) is 2.48. The molecule has 1 fully saturated rings. The molecule has 1 aliphatic rings. The van der Waals surface area contributed by atoms with Crippen molar-refractivity contribution in [2.24, 2.45) is 10.9 Å². The second-order valence-corrected chi connectivity index (χ2v) is 5.28. The highest BCUT2D eigenvalue weighted by atomic mass is 35.5. The number of carbonyl (C=O) groups excluding carboxylic acids is 1. The molecule has 1 aromatic heterocycles. The zero-order valence-electron chi connectivity index (χ0n) is 11.1. The molecule has 0 aliphatic carbocycles. The Morgan fingerprint density at radius 1 is 1.60 bits per heavy atom. The lowest BCUT2D eigenvalue weighted by Crippen LogP contribution is -2.62. The van der Waals surface area contributed by atoms with Gasteiger partial charge in [0, 0.05) is 13.1 Å². The number of piperidine rings is 1. The summed E-state index contributed by atoms with van der Waals surface area (Å²) in [6.07, 6.45) is 2.45. The summed E-state index contributed by atoms with van der Waals surface area (Å²) in [5, 5.41) is 14.9. The molecule has 2 rings (SSSR count). The quantitative estimate of drug-likeness (QED) is 0.333. The van der Waals surface area contributed by atoms with Gasteiger partial charge in [0.2, 0.25) is 5.22 Å². The van der Waals surface area contributed by atoms with Gasteiger partial charge in [0.15, 0.2) is 5.84 Å². The molecule has 0 radical (unpaired) electrons. The van der Waals surface area contributed by atoms with E-state index in [1.807, 2.05) is 7.05 Å². The third kappa shape index (κ3) is 2.73. The second kappa shape index (κ2) is 5.72. The maximum atomic E-state index is 12.2. The minimum atomic E-state index is -0.862. The van der Waals surface area contributed by atoms with Crippen molar-refractivity contribution >= 4 is 23.3 Å². The zero-order chi connectivity index (χ0) is 14.8. The van der Waals surface area contributed by atoms with Crippen LogP contribution in [0.25, 0.3) is 0 Å². The Hall–Kier alpha value is -1.73. The molecule has 7 nitrogen and oxygen atoms in total. The Morgan fingerprint density at radius 2 is 2.25 bits per heavy atom. The van der Waals surface area contributed by atoms with Crippen molar-refractivity contribution < 1.29 is 14.4 Å². The Kier molecular flexibility index (Phi) is 4.20. The van der Waals surface area contributed by atoms with E-state index >= 15 is 0 Å². The number of halogens is 1. The maximum Gasteiger partial charge on any atom is 0.256 e. The number of amides is 1. The zero-order valence-corrected chi connectivity index (χ0v) is 11.9. The number of hydrogen-bond acceptors (Lipinski definition) is 5. The van der Waals surface area contributed by atoms with Gasteiger partial charge in [-0.1, -0.05) is 5.16 Å². The fourth-order valence-electron chi connectivity index (χ4n) is 2.28. The summed E-state index contributed by atoms with van der Waals surface area (Å²) in [7, 11) is 1.98. The smallest absolute Gasteiger partial charge is 0.256 e. The Morgan fingerprint density at radius 3 is 2.75 bits per heavy atom. The molecule has 0 unspecified atom stereocenters. The first-order valence-corrected chi connectivity index (χ1v) is 6.58. The van der Waals surface area contributed by atoms with Gasteiger partial charge in [0.1, 0.15) is 5.54 Å². The predicted octanol–water partition coefficient (Wildman–Crippen LogP) is 0.874. The number of amidine groups is 1. The highest BCUT2D eigenvalue weighted by molar-refractivity contribution is 6.32. The standard InChI is InChI=1S/C12H17ClN4O3/c1-17-5-3-12(4-6-17,11(14)16-19)15-10(18)8-2-7-20-9(8)13/h2,7,19H,3-6H2,1H3,(H2,14,16)(H,15,18). The molecule has 110 valence electrons. The average Bonchev–Trinajstić information content (AvgIpc) is 2.87. The van der Waals surface area contributed by atoms with Crippen molar-refractivity contribution in [3.05, 3.63) is 23.1 Å². The van der Waals surface area contributed by atoms with Crippen molar-refractivity contribution in [2.75, 3.05) is 20.1 Å². The van der Waals surface area contributed by atoms with Gasteiger partial charge in [-0.15, -0.1) is 0 Å². The van der Waals surface area contributed by atoms with Crippen molar-refractivity contribution in [2.45, 2.75) is 18.4 Å². The van der Waals surface area contributed by atoms with Crippen LogP contribution in [0.1, 0.15) is 23.2 Å². The summed E-state index contributed by atoms with van der Waals surface area (Å²) < 4.78 is 4.90. The Labute approximate surface area is 121 Å². The molecule has 0 atom stereocenters. The van der Waals surface area contributed by atoms with E-state index in [0.29, 0.717) is 12.8 Å². The van der Waals surface area contributed by atoms with E-state index in [1.165, 1.54) is 12.3 Å².